The average molecular weight is 253 g/mol. The van der Waals surface area contributed by atoms with Crippen LogP contribution < -0.4 is 5.32 Å². The lowest BCUT2D eigenvalue weighted by Gasteiger charge is -2.02. The fourth-order valence-electron chi connectivity index (χ4n) is 0.768. The van der Waals surface area contributed by atoms with Crippen LogP contribution in [0, 0.1) is 0 Å². The minimum atomic E-state index is 0. The molecule has 0 heterocycles. The van der Waals surface area contributed by atoms with E-state index in [-0.39, 0.29) is 19.0 Å². The van der Waals surface area contributed by atoms with E-state index in [2.05, 4.69) is 21.2 Å². The van der Waals surface area contributed by atoms with Crippen LogP contribution in [0.3, 0.4) is 0 Å². The molecular formula is C8H11BrClNO. The van der Waals surface area contributed by atoms with Crippen molar-refractivity contribution in [1.29, 1.82) is 0 Å². The van der Waals surface area contributed by atoms with Gasteiger partial charge in [0, 0.05) is 16.7 Å². The zero-order chi connectivity index (χ0) is 8.10. The van der Waals surface area contributed by atoms with Gasteiger partial charge in [0.2, 0.25) is 0 Å². The summed E-state index contributed by atoms with van der Waals surface area (Å²) in [5, 5.41) is 11.6. The Morgan fingerprint density at radius 2 is 1.83 bits per heavy atom. The Balaban J connectivity index is 0.00000121. The average Bonchev–Trinajstić information content (AvgIpc) is 2.04. The third-order valence-corrected chi connectivity index (χ3v) is 1.81. The zero-order valence-corrected chi connectivity index (χ0v) is 8.86. The van der Waals surface area contributed by atoms with E-state index in [9.17, 15) is 0 Å². The second-order valence-corrected chi connectivity index (χ2v) is 3.07. The maximum atomic E-state index is 8.51. The van der Waals surface area contributed by atoms with Crippen LogP contribution in [0.2, 0.25) is 0 Å². The molecule has 0 unspecified atom stereocenters. The van der Waals surface area contributed by atoms with Crippen molar-refractivity contribution in [3.63, 3.8) is 0 Å². The first-order chi connectivity index (χ1) is 5.33. The van der Waals surface area contributed by atoms with Crippen molar-refractivity contribution >= 4 is 34.0 Å². The molecule has 0 saturated heterocycles. The van der Waals surface area contributed by atoms with Gasteiger partial charge in [-0.2, -0.15) is 0 Å². The number of anilines is 1. The van der Waals surface area contributed by atoms with E-state index >= 15 is 0 Å². The third kappa shape index (κ3) is 3.95. The van der Waals surface area contributed by atoms with Gasteiger partial charge in [-0.3, -0.25) is 0 Å². The van der Waals surface area contributed by atoms with Crippen molar-refractivity contribution in [3.8, 4) is 0 Å². The molecule has 0 aliphatic heterocycles. The molecule has 1 aromatic rings. The molecule has 4 heteroatoms. The number of nitrogens with one attached hydrogen (secondary N) is 1. The number of benzene rings is 1. The van der Waals surface area contributed by atoms with E-state index in [1.54, 1.807) is 0 Å². The smallest absolute Gasteiger partial charge is 0.0604 e. The minimum Gasteiger partial charge on any atom is -0.395 e. The monoisotopic (exact) mass is 251 g/mol. The first kappa shape index (κ1) is 11.8. The molecule has 0 fully saturated rings. The summed E-state index contributed by atoms with van der Waals surface area (Å²) in [4.78, 5) is 0. The number of rotatable bonds is 3. The summed E-state index contributed by atoms with van der Waals surface area (Å²) in [6.45, 7) is 0.762. The standard InChI is InChI=1S/C8H10BrNO.ClH/c9-7-1-3-8(4-2-7)10-5-6-11;/h1-4,10-11H,5-6H2;1H. The summed E-state index contributed by atoms with van der Waals surface area (Å²) in [7, 11) is 0. The Morgan fingerprint density at radius 3 is 2.33 bits per heavy atom. The van der Waals surface area contributed by atoms with Crippen LogP contribution in [0.25, 0.3) is 0 Å². The first-order valence-electron chi connectivity index (χ1n) is 3.43. The Morgan fingerprint density at radius 1 is 1.25 bits per heavy atom. The van der Waals surface area contributed by atoms with Gasteiger partial charge in [0.25, 0.3) is 0 Å². The van der Waals surface area contributed by atoms with E-state index in [4.69, 9.17) is 5.11 Å². The molecular weight excluding hydrogens is 241 g/mol. The van der Waals surface area contributed by atoms with Crippen LogP contribution in [0.4, 0.5) is 5.69 Å². The summed E-state index contributed by atoms with van der Waals surface area (Å²) >= 11 is 3.34. The SMILES string of the molecule is Cl.OCCNc1ccc(Br)cc1. The van der Waals surface area contributed by atoms with Gasteiger partial charge in [0.1, 0.15) is 0 Å². The maximum Gasteiger partial charge on any atom is 0.0604 e. The van der Waals surface area contributed by atoms with Crippen LogP contribution in [0.5, 0.6) is 0 Å². The topological polar surface area (TPSA) is 32.3 Å². The summed E-state index contributed by atoms with van der Waals surface area (Å²) in [6.07, 6.45) is 0. The van der Waals surface area contributed by atoms with Crippen LogP contribution in [-0.2, 0) is 0 Å². The molecule has 2 nitrogen and oxygen atoms in total. The molecule has 0 radical (unpaired) electrons. The lowest BCUT2D eigenvalue weighted by Crippen LogP contribution is -2.04. The van der Waals surface area contributed by atoms with Gasteiger partial charge in [-0.1, -0.05) is 15.9 Å². The van der Waals surface area contributed by atoms with Crippen LogP contribution >= 0.6 is 28.3 Å². The van der Waals surface area contributed by atoms with Crippen LogP contribution in [-0.4, -0.2) is 18.3 Å². The molecule has 12 heavy (non-hydrogen) atoms. The predicted molar refractivity (Wildman–Crippen MR) is 57.0 cm³/mol. The van der Waals surface area contributed by atoms with E-state index in [0.29, 0.717) is 6.54 Å². The molecule has 0 atom stereocenters. The third-order valence-electron chi connectivity index (χ3n) is 1.29. The van der Waals surface area contributed by atoms with E-state index in [1.165, 1.54) is 0 Å². The van der Waals surface area contributed by atoms with Gasteiger partial charge in [0.15, 0.2) is 0 Å². The molecule has 68 valence electrons. The fraction of sp³-hybridized carbons (Fsp3) is 0.250. The normalized spacial score (nSPS) is 8.83. The molecule has 0 amide bonds. The highest BCUT2D eigenvalue weighted by atomic mass is 79.9. The zero-order valence-electron chi connectivity index (χ0n) is 6.46. The molecule has 1 aromatic carbocycles. The van der Waals surface area contributed by atoms with E-state index < -0.39 is 0 Å². The number of hydrogen-bond donors (Lipinski definition) is 2. The molecule has 1 rings (SSSR count). The highest BCUT2D eigenvalue weighted by molar-refractivity contribution is 9.10. The van der Waals surface area contributed by atoms with Crippen molar-refractivity contribution in [1.82, 2.24) is 0 Å². The van der Waals surface area contributed by atoms with Crippen molar-refractivity contribution in [2.75, 3.05) is 18.5 Å². The van der Waals surface area contributed by atoms with Crippen LogP contribution in [0.1, 0.15) is 0 Å². The highest BCUT2D eigenvalue weighted by Gasteiger charge is 1.89. The fourth-order valence-corrected chi connectivity index (χ4v) is 1.03. The quantitative estimate of drug-likeness (QED) is 0.865. The Labute approximate surface area is 86.5 Å². The summed E-state index contributed by atoms with van der Waals surface area (Å²) < 4.78 is 1.06. The Kier molecular flexibility index (Phi) is 6.16. The number of aliphatic hydroxyl groups excluding tert-OH is 1. The van der Waals surface area contributed by atoms with Gasteiger partial charge in [-0.15, -0.1) is 12.4 Å². The summed E-state index contributed by atoms with van der Waals surface area (Å²) in [5.41, 5.74) is 1.03. The van der Waals surface area contributed by atoms with E-state index in [0.717, 1.165) is 10.2 Å². The van der Waals surface area contributed by atoms with Crippen LogP contribution in [0.15, 0.2) is 28.7 Å². The van der Waals surface area contributed by atoms with Gasteiger partial charge in [-0.05, 0) is 24.3 Å². The van der Waals surface area contributed by atoms with Gasteiger partial charge >= 0.3 is 0 Å². The van der Waals surface area contributed by atoms with E-state index in [1.807, 2.05) is 24.3 Å². The Hall–Kier alpha value is -0.250. The van der Waals surface area contributed by atoms with Crippen molar-refractivity contribution in [2.24, 2.45) is 0 Å². The van der Waals surface area contributed by atoms with Crippen molar-refractivity contribution in [3.05, 3.63) is 28.7 Å². The molecule has 0 bridgehead atoms. The molecule has 0 spiro atoms. The molecule has 2 N–H and O–H groups in total. The lowest BCUT2D eigenvalue weighted by atomic mass is 10.3. The first-order valence-corrected chi connectivity index (χ1v) is 4.22. The lowest BCUT2D eigenvalue weighted by molar-refractivity contribution is 0.311. The second kappa shape index (κ2) is 6.29. The number of halogens is 2. The predicted octanol–water partition coefficient (Wildman–Crippen LogP) is 2.28. The number of hydrogen-bond acceptors (Lipinski definition) is 2. The second-order valence-electron chi connectivity index (χ2n) is 2.16. The highest BCUT2D eigenvalue weighted by Crippen LogP contribution is 2.13. The van der Waals surface area contributed by atoms with Gasteiger partial charge in [-0.25, -0.2) is 0 Å². The number of aliphatic hydroxyl groups is 1. The van der Waals surface area contributed by atoms with Gasteiger partial charge < -0.3 is 10.4 Å². The molecule has 0 aliphatic rings. The largest absolute Gasteiger partial charge is 0.395 e. The summed E-state index contributed by atoms with van der Waals surface area (Å²) in [5.74, 6) is 0. The summed E-state index contributed by atoms with van der Waals surface area (Å²) in [6, 6.07) is 7.83. The molecule has 0 aromatic heterocycles. The maximum absolute atomic E-state index is 8.51. The molecule has 0 aliphatic carbocycles. The van der Waals surface area contributed by atoms with Crippen molar-refractivity contribution in [2.45, 2.75) is 0 Å². The Bertz CT molecular complexity index is 215. The minimum absolute atomic E-state index is 0. The molecule has 0 saturated carbocycles. The van der Waals surface area contributed by atoms with Crippen molar-refractivity contribution < 1.29 is 5.11 Å². The van der Waals surface area contributed by atoms with Gasteiger partial charge in [0.05, 0.1) is 6.61 Å².